The molecule has 0 atom stereocenters. The molecule has 4 aromatic rings. The molecular formula is C25H19FN2O2. The highest BCUT2D eigenvalue weighted by atomic mass is 19.1. The molecule has 4 nitrogen and oxygen atoms in total. The normalized spacial score (nSPS) is 11.0. The lowest BCUT2D eigenvalue weighted by Gasteiger charge is -2.09. The number of rotatable bonds is 6. The van der Waals surface area contributed by atoms with Gasteiger partial charge in [0.2, 0.25) is 0 Å². The molecule has 0 saturated heterocycles. The van der Waals surface area contributed by atoms with E-state index in [0.29, 0.717) is 17.9 Å². The Morgan fingerprint density at radius 3 is 2.57 bits per heavy atom. The number of nitrogens with zero attached hydrogens (tertiary/aromatic N) is 1. The Morgan fingerprint density at radius 2 is 1.70 bits per heavy atom. The summed E-state index contributed by atoms with van der Waals surface area (Å²) < 4.78 is 18.9. The van der Waals surface area contributed by atoms with Crippen LogP contribution in [0.25, 0.3) is 10.8 Å². The molecule has 4 aromatic carbocycles. The Kier molecular flexibility index (Phi) is 5.80. The fraction of sp³-hybridized carbons (Fsp3) is 0.0400. The summed E-state index contributed by atoms with van der Waals surface area (Å²) >= 11 is 0. The van der Waals surface area contributed by atoms with Crippen LogP contribution in [0.5, 0.6) is 5.75 Å². The minimum absolute atomic E-state index is 0.334. The van der Waals surface area contributed by atoms with Crippen LogP contribution in [-0.4, -0.2) is 12.1 Å². The van der Waals surface area contributed by atoms with Crippen LogP contribution in [0.4, 0.5) is 4.39 Å². The number of hydrogen-bond acceptors (Lipinski definition) is 3. The fourth-order valence-electron chi connectivity index (χ4n) is 3.10. The molecule has 0 aliphatic heterocycles. The van der Waals surface area contributed by atoms with Crippen molar-refractivity contribution in [3.05, 3.63) is 114 Å². The molecule has 1 amide bonds. The first-order valence-corrected chi connectivity index (χ1v) is 9.47. The SMILES string of the molecule is O=C(N/N=C\c1cccc(OCc2cccc3ccccc23)c1)c1ccc(F)cc1. The molecule has 4 rings (SSSR count). The van der Waals surface area contributed by atoms with Crippen molar-refractivity contribution in [3.63, 3.8) is 0 Å². The maximum Gasteiger partial charge on any atom is 0.271 e. The van der Waals surface area contributed by atoms with Gasteiger partial charge in [0.05, 0.1) is 6.21 Å². The highest BCUT2D eigenvalue weighted by Crippen LogP contribution is 2.21. The van der Waals surface area contributed by atoms with Crippen LogP contribution in [0.2, 0.25) is 0 Å². The van der Waals surface area contributed by atoms with Crippen LogP contribution >= 0.6 is 0 Å². The van der Waals surface area contributed by atoms with Crippen LogP contribution in [0.15, 0.2) is 96.1 Å². The highest BCUT2D eigenvalue weighted by Gasteiger charge is 2.04. The van der Waals surface area contributed by atoms with Crippen molar-refractivity contribution in [2.24, 2.45) is 5.10 Å². The van der Waals surface area contributed by atoms with Crippen LogP contribution in [0.3, 0.4) is 0 Å². The van der Waals surface area contributed by atoms with Gasteiger partial charge in [-0.25, -0.2) is 9.82 Å². The first-order valence-electron chi connectivity index (χ1n) is 9.47. The zero-order valence-electron chi connectivity index (χ0n) is 16.1. The maximum atomic E-state index is 12.9. The van der Waals surface area contributed by atoms with Crippen molar-refractivity contribution in [1.29, 1.82) is 0 Å². The second-order valence-electron chi connectivity index (χ2n) is 6.71. The monoisotopic (exact) mass is 398 g/mol. The van der Waals surface area contributed by atoms with Crippen molar-refractivity contribution >= 4 is 22.9 Å². The predicted molar refractivity (Wildman–Crippen MR) is 116 cm³/mol. The van der Waals surface area contributed by atoms with Gasteiger partial charge in [0, 0.05) is 5.56 Å². The number of carbonyl (C=O) groups excluding carboxylic acids is 1. The molecule has 0 aliphatic carbocycles. The third-order valence-corrected chi connectivity index (χ3v) is 4.62. The van der Waals surface area contributed by atoms with Crippen LogP contribution < -0.4 is 10.2 Å². The summed E-state index contributed by atoms with van der Waals surface area (Å²) in [6.07, 6.45) is 1.53. The lowest BCUT2D eigenvalue weighted by atomic mass is 10.1. The molecule has 148 valence electrons. The van der Waals surface area contributed by atoms with E-state index in [9.17, 15) is 9.18 Å². The van der Waals surface area contributed by atoms with Crippen LogP contribution in [-0.2, 0) is 6.61 Å². The maximum absolute atomic E-state index is 12.9. The molecule has 1 N–H and O–H groups in total. The van der Waals surface area contributed by atoms with E-state index < -0.39 is 11.7 Å². The summed E-state index contributed by atoms with van der Waals surface area (Å²) in [6, 6.07) is 27.1. The third-order valence-electron chi connectivity index (χ3n) is 4.62. The smallest absolute Gasteiger partial charge is 0.271 e. The molecule has 0 heterocycles. The summed E-state index contributed by atoms with van der Waals surface area (Å²) in [4.78, 5) is 12.0. The zero-order valence-corrected chi connectivity index (χ0v) is 16.1. The lowest BCUT2D eigenvalue weighted by Crippen LogP contribution is -2.17. The predicted octanol–water partition coefficient (Wildman–Crippen LogP) is 5.32. The first kappa shape index (κ1) is 19.3. The summed E-state index contributed by atoms with van der Waals surface area (Å²) in [5.41, 5.74) is 4.66. The van der Waals surface area contributed by atoms with Gasteiger partial charge in [0.15, 0.2) is 0 Å². The molecule has 5 heteroatoms. The average molecular weight is 398 g/mol. The molecular weight excluding hydrogens is 379 g/mol. The largest absolute Gasteiger partial charge is 0.489 e. The van der Waals surface area contributed by atoms with Crippen molar-refractivity contribution in [2.75, 3.05) is 0 Å². The van der Waals surface area contributed by atoms with E-state index in [1.54, 1.807) is 0 Å². The summed E-state index contributed by atoms with van der Waals surface area (Å²) in [5.74, 6) is -0.0956. The molecule has 30 heavy (non-hydrogen) atoms. The minimum atomic E-state index is -0.408. The van der Waals surface area contributed by atoms with Gasteiger partial charge in [-0.05, 0) is 58.3 Å². The lowest BCUT2D eigenvalue weighted by molar-refractivity contribution is 0.0955. The molecule has 0 spiro atoms. The van der Waals surface area contributed by atoms with E-state index in [2.05, 4.69) is 34.8 Å². The Hall–Kier alpha value is -3.99. The van der Waals surface area contributed by atoms with Crippen molar-refractivity contribution < 1.29 is 13.9 Å². The van der Waals surface area contributed by atoms with Gasteiger partial charge in [-0.2, -0.15) is 5.10 Å². The summed E-state index contributed by atoms with van der Waals surface area (Å²) in [5, 5.41) is 6.31. The zero-order chi connectivity index (χ0) is 20.8. The average Bonchev–Trinajstić information content (AvgIpc) is 2.78. The number of fused-ring (bicyclic) bond motifs is 1. The van der Waals surface area contributed by atoms with E-state index in [-0.39, 0.29) is 0 Å². The molecule has 0 fully saturated rings. The standard InChI is InChI=1S/C25H19FN2O2/c26-22-13-11-20(12-14-22)25(29)28-27-16-18-5-3-9-23(15-18)30-17-21-8-4-7-19-6-1-2-10-24(19)21/h1-16H,17H2,(H,28,29)/b27-16-. The molecule has 0 bridgehead atoms. The van der Waals surface area contributed by atoms with Crippen molar-refractivity contribution in [3.8, 4) is 5.75 Å². The minimum Gasteiger partial charge on any atom is -0.489 e. The third kappa shape index (κ3) is 4.70. The molecule has 0 radical (unpaired) electrons. The molecule has 0 saturated carbocycles. The van der Waals surface area contributed by atoms with E-state index in [1.807, 2.05) is 42.5 Å². The number of carbonyl (C=O) groups is 1. The van der Waals surface area contributed by atoms with E-state index >= 15 is 0 Å². The first-order chi connectivity index (χ1) is 14.7. The van der Waals surface area contributed by atoms with E-state index in [1.165, 1.54) is 41.3 Å². The number of hydrazone groups is 1. The van der Waals surface area contributed by atoms with Gasteiger partial charge in [0.1, 0.15) is 18.2 Å². The van der Waals surface area contributed by atoms with Crippen LogP contribution in [0, 0.1) is 5.82 Å². The van der Waals surface area contributed by atoms with Crippen molar-refractivity contribution in [2.45, 2.75) is 6.61 Å². The Morgan fingerprint density at radius 1 is 0.933 bits per heavy atom. The number of nitrogens with one attached hydrogen (secondary N) is 1. The molecule has 0 unspecified atom stereocenters. The second-order valence-corrected chi connectivity index (χ2v) is 6.71. The van der Waals surface area contributed by atoms with Gasteiger partial charge in [-0.1, -0.05) is 54.6 Å². The van der Waals surface area contributed by atoms with Crippen LogP contribution in [0.1, 0.15) is 21.5 Å². The number of hydrogen-bond donors (Lipinski definition) is 1. The van der Waals surface area contributed by atoms with Gasteiger partial charge in [-0.3, -0.25) is 4.79 Å². The van der Waals surface area contributed by atoms with Crippen molar-refractivity contribution in [1.82, 2.24) is 5.43 Å². The summed E-state index contributed by atoms with van der Waals surface area (Å²) in [7, 11) is 0. The second kappa shape index (κ2) is 9.01. The Balaban J connectivity index is 1.39. The quantitative estimate of drug-likeness (QED) is 0.353. The number of ether oxygens (including phenoxy) is 1. The molecule has 0 aromatic heterocycles. The summed E-state index contributed by atoms with van der Waals surface area (Å²) in [6.45, 7) is 0.448. The molecule has 0 aliphatic rings. The van der Waals surface area contributed by atoms with Gasteiger partial charge < -0.3 is 4.74 Å². The number of halogens is 1. The Bertz CT molecular complexity index is 1200. The van der Waals surface area contributed by atoms with Gasteiger partial charge in [0.25, 0.3) is 5.91 Å². The van der Waals surface area contributed by atoms with E-state index in [4.69, 9.17) is 4.74 Å². The topological polar surface area (TPSA) is 50.7 Å². The highest BCUT2D eigenvalue weighted by molar-refractivity contribution is 5.94. The fourth-order valence-corrected chi connectivity index (χ4v) is 3.10. The van der Waals surface area contributed by atoms with Gasteiger partial charge in [-0.15, -0.1) is 0 Å². The van der Waals surface area contributed by atoms with Gasteiger partial charge >= 0.3 is 0 Å². The Labute approximate surface area is 173 Å². The number of benzene rings is 4. The number of amides is 1. The van der Waals surface area contributed by atoms with E-state index in [0.717, 1.165) is 11.1 Å².